The van der Waals surface area contributed by atoms with Gasteiger partial charge in [-0.15, -0.1) is 0 Å². The summed E-state index contributed by atoms with van der Waals surface area (Å²) in [6, 6.07) is 8.76. The van der Waals surface area contributed by atoms with Gasteiger partial charge in [-0.3, -0.25) is 4.79 Å². The largest absolute Gasteiger partial charge is 0.437 e. The van der Waals surface area contributed by atoms with Gasteiger partial charge in [0.2, 0.25) is 5.88 Å². The lowest BCUT2D eigenvalue weighted by Crippen LogP contribution is -2.43. The first-order valence-electron chi connectivity index (χ1n) is 8.12. The first-order chi connectivity index (χ1) is 12.1. The van der Waals surface area contributed by atoms with Crippen LogP contribution in [0.5, 0.6) is 11.6 Å². The molecule has 1 N–H and O–H groups in total. The smallest absolute Gasteiger partial charge is 0.255 e. The van der Waals surface area contributed by atoms with E-state index in [9.17, 15) is 4.79 Å². The molecule has 0 atom stereocenters. The maximum Gasteiger partial charge on any atom is 0.255 e. The molecule has 0 spiro atoms. The molecular formula is C18H19Cl2N3O2. The number of carbonyl (C=O) groups is 1. The van der Waals surface area contributed by atoms with Crippen molar-refractivity contribution in [2.45, 2.75) is 18.9 Å². The standard InChI is InChI=1S/C18H19Cl2N3O2/c1-23(13-7-9-21-10-8-13)18(24)12-5-6-16(22-11-12)25-15-4-2-3-14(19)17(15)20/h2-6,11,13,21H,7-10H2,1H3. The van der Waals surface area contributed by atoms with Crippen LogP contribution in [0.15, 0.2) is 36.5 Å². The molecule has 1 amide bonds. The summed E-state index contributed by atoms with van der Waals surface area (Å²) in [6.07, 6.45) is 3.45. The third kappa shape index (κ3) is 4.24. The molecule has 7 heteroatoms. The predicted molar refractivity (Wildman–Crippen MR) is 98.8 cm³/mol. The van der Waals surface area contributed by atoms with Crippen LogP contribution in [-0.2, 0) is 0 Å². The molecular weight excluding hydrogens is 361 g/mol. The van der Waals surface area contributed by atoms with Crippen molar-refractivity contribution in [3.8, 4) is 11.6 Å². The van der Waals surface area contributed by atoms with Gasteiger partial charge in [-0.25, -0.2) is 4.98 Å². The van der Waals surface area contributed by atoms with Crippen LogP contribution in [0.2, 0.25) is 10.0 Å². The van der Waals surface area contributed by atoms with Gasteiger partial charge in [0.25, 0.3) is 5.91 Å². The van der Waals surface area contributed by atoms with E-state index in [2.05, 4.69) is 10.3 Å². The van der Waals surface area contributed by atoms with E-state index in [1.807, 2.05) is 7.05 Å². The molecule has 0 aliphatic carbocycles. The lowest BCUT2D eigenvalue weighted by Gasteiger charge is -2.31. The maximum absolute atomic E-state index is 12.6. The van der Waals surface area contributed by atoms with Crippen molar-refractivity contribution in [2.24, 2.45) is 0 Å². The number of hydrogen-bond acceptors (Lipinski definition) is 4. The Morgan fingerprint density at radius 2 is 2.00 bits per heavy atom. The predicted octanol–water partition coefficient (Wildman–Crippen LogP) is 4.00. The lowest BCUT2D eigenvalue weighted by atomic mass is 10.0. The Morgan fingerprint density at radius 1 is 1.24 bits per heavy atom. The van der Waals surface area contributed by atoms with Crippen LogP contribution in [0.3, 0.4) is 0 Å². The summed E-state index contributed by atoms with van der Waals surface area (Å²) in [6.45, 7) is 1.88. The quantitative estimate of drug-likeness (QED) is 0.871. The second-order valence-corrected chi connectivity index (χ2v) is 6.72. The fourth-order valence-electron chi connectivity index (χ4n) is 2.81. The first kappa shape index (κ1) is 18.0. The van der Waals surface area contributed by atoms with Gasteiger partial charge < -0.3 is 15.0 Å². The number of pyridine rings is 1. The van der Waals surface area contributed by atoms with E-state index in [-0.39, 0.29) is 11.9 Å². The summed E-state index contributed by atoms with van der Waals surface area (Å²) in [5.41, 5.74) is 0.533. The fourth-order valence-corrected chi connectivity index (χ4v) is 3.14. The highest BCUT2D eigenvalue weighted by atomic mass is 35.5. The van der Waals surface area contributed by atoms with Crippen LogP contribution >= 0.6 is 23.2 Å². The molecule has 2 aromatic rings. The van der Waals surface area contributed by atoms with Gasteiger partial charge >= 0.3 is 0 Å². The normalized spacial score (nSPS) is 15.0. The van der Waals surface area contributed by atoms with Crippen molar-refractivity contribution in [3.63, 3.8) is 0 Å². The zero-order valence-corrected chi connectivity index (χ0v) is 15.3. The number of nitrogens with zero attached hydrogens (tertiary/aromatic N) is 2. The minimum atomic E-state index is -0.0354. The van der Waals surface area contributed by atoms with Crippen molar-refractivity contribution in [1.29, 1.82) is 0 Å². The van der Waals surface area contributed by atoms with Gasteiger partial charge in [-0.2, -0.15) is 0 Å². The molecule has 0 bridgehead atoms. The number of benzene rings is 1. The van der Waals surface area contributed by atoms with Gasteiger partial charge in [0.05, 0.1) is 10.6 Å². The molecule has 0 saturated carbocycles. The summed E-state index contributed by atoms with van der Waals surface area (Å²) in [5, 5.41) is 4.04. The van der Waals surface area contributed by atoms with E-state index >= 15 is 0 Å². The number of carbonyl (C=O) groups excluding carboxylic acids is 1. The summed E-state index contributed by atoms with van der Waals surface area (Å²) < 4.78 is 5.64. The van der Waals surface area contributed by atoms with Crippen LogP contribution in [0.25, 0.3) is 0 Å². The molecule has 2 heterocycles. The highest BCUT2D eigenvalue weighted by Crippen LogP contribution is 2.34. The number of amides is 1. The molecule has 3 rings (SSSR count). The molecule has 5 nitrogen and oxygen atoms in total. The van der Waals surface area contributed by atoms with Crippen molar-refractivity contribution in [2.75, 3.05) is 20.1 Å². The lowest BCUT2D eigenvalue weighted by molar-refractivity contribution is 0.0703. The van der Waals surface area contributed by atoms with Crippen molar-refractivity contribution < 1.29 is 9.53 Å². The fraction of sp³-hybridized carbons (Fsp3) is 0.333. The van der Waals surface area contributed by atoms with Crippen LogP contribution in [-0.4, -0.2) is 42.0 Å². The molecule has 1 aromatic heterocycles. The van der Waals surface area contributed by atoms with Gasteiger partial charge in [0.15, 0.2) is 0 Å². The van der Waals surface area contributed by atoms with E-state index in [0.29, 0.717) is 27.2 Å². The molecule has 0 unspecified atom stereocenters. The molecule has 1 saturated heterocycles. The van der Waals surface area contributed by atoms with Gasteiger partial charge in [-0.05, 0) is 44.1 Å². The average molecular weight is 380 g/mol. The van der Waals surface area contributed by atoms with Crippen LogP contribution in [0, 0.1) is 0 Å². The molecule has 132 valence electrons. The molecule has 1 aliphatic rings. The number of rotatable bonds is 4. The second-order valence-electron chi connectivity index (χ2n) is 5.94. The maximum atomic E-state index is 12.6. The Hall–Kier alpha value is -1.82. The van der Waals surface area contributed by atoms with Crippen LogP contribution in [0.4, 0.5) is 0 Å². The molecule has 0 radical (unpaired) electrons. The number of nitrogens with one attached hydrogen (secondary N) is 1. The molecule has 1 fully saturated rings. The van der Waals surface area contributed by atoms with E-state index in [1.54, 1.807) is 35.2 Å². The average Bonchev–Trinajstić information content (AvgIpc) is 2.65. The molecule has 1 aromatic carbocycles. The zero-order valence-electron chi connectivity index (χ0n) is 13.8. The Morgan fingerprint density at radius 3 is 2.68 bits per heavy atom. The van der Waals surface area contributed by atoms with E-state index in [0.717, 1.165) is 25.9 Å². The number of ether oxygens (including phenoxy) is 1. The second kappa shape index (κ2) is 8.04. The third-order valence-corrected chi connectivity index (χ3v) is 5.09. The summed E-state index contributed by atoms with van der Waals surface area (Å²) >= 11 is 12.1. The first-order valence-corrected chi connectivity index (χ1v) is 8.87. The van der Waals surface area contributed by atoms with E-state index in [4.69, 9.17) is 27.9 Å². The SMILES string of the molecule is CN(C(=O)c1ccc(Oc2cccc(Cl)c2Cl)nc1)C1CCNCC1. The van der Waals surface area contributed by atoms with Crippen molar-refractivity contribution >= 4 is 29.1 Å². The summed E-state index contributed by atoms with van der Waals surface area (Å²) in [4.78, 5) is 18.6. The molecule has 25 heavy (non-hydrogen) atoms. The number of halogens is 2. The monoisotopic (exact) mass is 379 g/mol. The Labute approximate surface area is 156 Å². The highest BCUT2D eigenvalue weighted by molar-refractivity contribution is 6.42. The van der Waals surface area contributed by atoms with Crippen molar-refractivity contribution in [1.82, 2.24) is 15.2 Å². The minimum Gasteiger partial charge on any atom is -0.437 e. The highest BCUT2D eigenvalue weighted by Gasteiger charge is 2.23. The Kier molecular flexibility index (Phi) is 5.78. The third-order valence-electron chi connectivity index (χ3n) is 4.29. The van der Waals surface area contributed by atoms with Gasteiger partial charge in [0, 0.05) is 25.4 Å². The number of hydrogen-bond donors (Lipinski definition) is 1. The zero-order chi connectivity index (χ0) is 17.8. The molecule has 1 aliphatic heterocycles. The van der Waals surface area contributed by atoms with E-state index in [1.165, 1.54) is 6.20 Å². The Bertz CT molecular complexity index is 746. The van der Waals surface area contributed by atoms with Gasteiger partial charge in [-0.1, -0.05) is 29.3 Å². The number of piperidine rings is 1. The summed E-state index contributed by atoms with van der Waals surface area (Å²) in [5.74, 6) is 0.740. The van der Waals surface area contributed by atoms with Crippen LogP contribution in [0.1, 0.15) is 23.2 Å². The van der Waals surface area contributed by atoms with Crippen LogP contribution < -0.4 is 10.1 Å². The minimum absolute atomic E-state index is 0.0354. The summed E-state index contributed by atoms with van der Waals surface area (Å²) in [7, 11) is 1.84. The number of aromatic nitrogens is 1. The topological polar surface area (TPSA) is 54.5 Å². The Balaban J connectivity index is 1.69. The van der Waals surface area contributed by atoms with Crippen molar-refractivity contribution in [3.05, 3.63) is 52.1 Å². The van der Waals surface area contributed by atoms with Gasteiger partial charge in [0.1, 0.15) is 10.8 Å². The van der Waals surface area contributed by atoms with E-state index < -0.39 is 0 Å².